The van der Waals surface area contributed by atoms with E-state index in [0.29, 0.717) is 11.5 Å². The molecular formula is C18H21NO4S. The maximum Gasteiger partial charge on any atom is 0.330 e. The number of aliphatic carboxylic acids is 1. The molecule has 2 N–H and O–H groups in total. The van der Waals surface area contributed by atoms with Crippen LogP contribution in [-0.4, -0.2) is 35.2 Å². The van der Waals surface area contributed by atoms with Crippen LogP contribution in [0.3, 0.4) is 0 Å². The third kappa shape index (κ3) is 2.41. The van der Waals surface area contributed by atoms with Crippen LogP contribution in [0.2, 0.25) is 0 Å². The highest BCUT2D eigenvalue weighted by Gasteiger charge is 2.66. The van der Waals surface area contributed by atoms with E-state index in [0.717, 1.165) is 10.1 Å². The molecule has 0 bridgehead atoms. The van der Waals surface area contributed by atoms with Crippen LogP contribution in [0.5, 0.6) is 0 Å². The highest BCUT2D eigenvalue weighted by atomic mass is 32.1. The molecule has 1 saturated carbocycles. The van der Waals surface area contributed by atoms with Gasteiger partial charge in [-0.3, -0.25) is 4.79 Å². The number of carbonyl (C=O) groups excluding carboxylic acids is 1. The fraction of sp³-hybridized carbons (Fsp3) is 0.444. The molecule has 0 radical (unpaired) electrons. The Balaban J connectivity index is 1.87. The summed E-state index contributed by atoms with van der Waals surface area (Å²) in [5.74, 6) is -1.36. The van der Waals surface area contributed by atoms with E-state index in [1.807, 2.05) is 45.0 Å². The Bertz CT molecular complexity index is 764. The number of nitrogens with one attached hydrogen (secondary N) is 1. The summed E-state index contributed by atoms with van der Waals surface area (Å²) >= 11 is 1.37. The number of hydrogen-bond donors (Lipinski definition) is 2. The zero-order valence-electron chi connectivity index (χ0n) is 14.0. The fourth-order valence-electron chi connectivity index (χ4n) is 3.39. The summed E-state index contributed by atoms with van der Waals surface area (Å²) in [4.78, 5) is 25.1. The zero-order valence-corrected chi connectivity index (χ0v) is 14.8. The van der Waals surface area contributed by atoms with Gasteiger partial charge in [0, 0.05) is 23.1 Å². The second kappa shape index (κ2) is 5.86. The van der Waals surface area contributed by atoms with Crippen molar-refractivity contribution in [2.75, 3.05) is 6.61 Å². The third-order valence-corrected chi connectivity index (χ3v) is 6.22. The normalized spacial score (nSPS) is 25.2. The van der Waals surface area contributed by atoms with Crippen molar-refractivity contribution in [1.82, 2.24) is 5.32 Å². The lowest BCUT2D eigenvalue weighted by molar-refractivity contribution is -0.190. The Kier molecular flexibility index (Phi) is 4.13. The van der Waals surface area contributed by atoms with E-state index >= 15 is 0 Å². The number of thiophene rings is 1. The number of rotatable bonds is 5. The van der Waals surface area contributed by atoms with Gasteiger partial charge < -0.3 is 15.2 Å². The molecule has 6 heteroatoms. The molecule has 1 heterocycles. The van der Waals surface area contributed by atoms with Crippen LogP contribution in [0.4, 0.5) is 0 Å². The summed E-state index contributed by atoms with van der Waals surface area (Å²) < 4.78 is 6.63. The molecule has 1 fully saturated rings. The first-order valence-corrected chi connectivity index (χ1v) is 8.79. The maximum absolute atomic E-state index is 12.7. The van der Waals surface area contributed by atoms with Gasteiger partial charge >= 0.3 is 5.97 Å². The summed E-state index contributed by atoms with van der Waals surface area (Å²) in [7, 11) is 0. The Morgan fingerprint density at radius 2 is 2.08 bits per heavy atom. The van der Waals surface area contributed by atoms with Crippen molar-refractivity contribution in [3.63, 3.8) is 0 Å². The summed E-state index contributed by atoms with van der Waals surface area (Å²) in [6.07, 6.45) is 0.0982. The Labute approximate surface area is 144 Å². The molecule has 0 unspecified atom stereocenters. The highest BCUT2D eigenvalue weighted by Crippen LogP contribution is 2.51. The molecule has 0 saturated heterocycles. The Hall–Kier alpha value is -1.92. The van der Waals surface area contributed by atoms with Crippen LogP contribution < -0.4 is 5.32 Å². The van der Waals surface area contributed by atoms with E-state index in [-0.39, 0.29) is 18.4 Å². The zero-order chi connectivity index (χ0) is 17.5. The standard InChI is InChI=1S/C18H21NO4S/c1-4-23-14-10-18(16(21)22,17(14,2)3)19-15(20)13-9-11-7-5-6-8-12(11)24-13/h5-9,14H,4,10H2,1-3H3,(H,19,20)(H,21,22)/t14-,18-/m0/s1. The molecule has 1 aromatic heterocycles. The van der Waals surface area contributed by atoms with Gasteiger partial charge in [0.1, 0.15) is 5.54 Å². The molecule has 1 aliphatic rings. The third-order valence-electron chi connectivity index (χ3n) is 5.11. The number of amides is 1. The van der Waals surface area contributed by atoms with Crippen molar-refractivity contribution in [2.24, 2.45) is 5.41 Å². The number of benzene rings is 1. The predicted octanol–water partition coefficient (Wildman–Crippen LogP) is 3.29. The minimum absolute atomic E-state index is 0.179. The number of carboxylic acid groups (broad SMARTS) is 1. The Morgan fingerprint density at radius 3 is 2.67 bits per heavy atom. The van der Waals surface area contributed by atoms with E-state index in [4.69, 9.17) is 4.74 Å². The van der Waals surface area contributed by atoms with E-state index in [9.17, 15) is 14.7 Å². The number of fused-ring (bicyclic) bond motifs is 1. The topological polar surface area (TPSA) is 75.6 Å². The smallest absolute Gasteiger partial charge is 0.330 e. The molecule has 24 heavy (non-hydrogen) atoms. The van der Waals surface area contributed by atoms with Gasteiger partial charge in [0.05, 0.1) is 11.0 Å². The molecule has 1 aromatic carbocycles. The molecule has 0 spiro atoms. The van der Waals surface area contributed by atoms with Crippen molar-refractivity contribution < 1.29 is 19.4 Å². The molecule has 0 aliphatic heterocycles. The lowest BCUT2D eigenvalue weighted by atomic mass is 9.54. The van der Waals surface area contributed by atoms with Crippen molar-refractivity contribution in [2.45, 2.75) is 38.8 Å². The predicted molar refractivity (Wildman–Crippen MR) is 93.5 cm³/mol. The van der Waals surface area contributed by atoms with Crippen LogP contribution in [0, 0.1) is 5.41 Å². The minimum Gasteiger partial charge on any atom is -0.479 e. The second-order valence-corrected chi connectivity index (χ2v) is 7.77. The van der Waals surface area contributed by atoms with E-state index in [1.54, 1.807) is 6.07 Å². The largest absolute Gasteiger partial charge is 0.479 e. The van der Waals surface area contributed by atoms with Gasteiger partial charge in [-0.25, -0.2) is 4.79 Å². The van der Waals surface area contributed by atoms with Gasteiger partial charge in [0.2, 0.25) is 0 Å². The molecule has 2 aromatic rings. The summed E-state index contributed by atoms with van der Waals surface area (Å²) in [6.45, 7) is 6.06. The van der Waals surface area contributed by atoms with Gasteiger partial charge in [-0.05, 0) is 24.4 Å². The first-order valence-electron chi connectivity index (χ1n) is 7.98. The van der Waals surface area contributed by atoms with Crippen LogP contribution in [0.25, 0.3) is 10.1 Å². The van der Waals surface area contributed by atoms with Gasteiger partial charge in [0.15, 0.2) is 0 Å². The van der Waals surface area contributed by atoms with E-state index < -0.39 is 16.9 Å². The van der Waals surface area contributed by atoms with Crippen LogP contribution in [0.1, 0.15) is 36.9 Å². The van der Waals surface area contributed by atoms with Crippen molar-refractivity contribution in [3.8, 4) is 0 Å². The first-order chi connectivity index (χ1) is 11.3. The lowest BCUT2D eigenvalue weighted by Gasteiger charge is -2.58. The number of carbonyl (C=O) groups is 2. The molecular weight excluding hydrogens is 326 g/mol. The minimum atomic E-state index is -1.31. The monoisotopic (exact) mass is 347 g/mol. The quantitative estimate of drug-likeness (QED) is 0.870. The number of ether oxygens (including phenoxy) is 1. The van der Waals surface area contributed by atoms with Crippen molar-refractivity contribution in [3.05, 3.63) is 35.2 Å². The molecule has 3 rings (SSSR count). The molecule has 2 atom stereocenters. The summed E-state index contributed by atoms with van der Waals surface area (Å²) in [5.41, 5.74) is -1.98. The van der Waals surface area contributed by atoms with Gasteiger partial charge in [0.25, 0.3) is 5.91 Å². The molecule has 1 amide bonds. The van der Waals surface area contributed by atoms with Crippen LogP contribution in [-0.2, 0) is 9.53 Å². The van der Waals surface area contributed by atoms with Crippen molar-refractivity contribution >= 4 is 33.3 Å². The van der Waals surface area contributed by atoms with E-state index in [2.05, 4.69) is 5.32 Å². The average Bonchev–Trinajstić information content (AvgIpc) is 2.97. The molecule has 5 nitrogen and oxygen atoms in total. The highest BCUT2D eigenvalue weighted by molar-refractivity contribution is 7.20. The van der Waals surface area contributed by atoms with Gasteiger partial charge in [-0.2, -0.15) is 0 Å². The maximum atomic E-state index is 12.7. The average molecular weight is 347 g/mol. The summed E-state index contributed by atoms with van der Waals surface area (Å²) in [5, 5.41) is 13.5. The first kappa shape index (κ1) is 16.9. The van der Waals surface area contributed by atoms with E-state index in [1.165, 1.54) is 11.3 Å². The molecule has 1 aliphatic carbocycles. The molecule has 128 valence electrons. The second-order valence-electron chi connectivity index (χ2n) is 6.68. The Morgan fingerprint density at radius 1 is 1.38 bits per heavy atom. The fourth-order valence-corrected chi connectivity index (χ4v) is 4.34. The van der Waals surface area contributed by atoms with Crippen LogP contribution >= 0.6 is 11.3 Å². The SMILES string of the molecule is CCO[C@H]1C[C@](NC(=O)c2cc3ccccc3s2)(C(=O)O)C1(C)C. The lowest BCUT2D eigenvalue weighted by Crippen LogP contribution is -2.76. The summed E-state index contributed by atoms with van der Waals surface area (Å²) in [6, 6.07) is 9.52. The number of carboxylic acids is 1. The van der Waals surface area contributed by atoms with Gasteiger partial charge in [-0.1, -0.05) is 32.0 Å². The van der Waals surface area contributed by atoms with Crippen molar-refractivity contribution in [1.29, 1.82) is 0 Å². The van der Waals surface area contributed by atoms with Crippen LogP contribution in [0.15, 0.2) is 30.3 Å². The van der Waals surface area contributed by atoms with Gasteiger partial charge in [-0.15, -0.1) is 11.3 Å². The number of hydrogen-bond acceptors (Lipinski definition) is 4.